The molecule has 150 valence electrons. The van der Waals surface area contributed by atoms with Gasteiger partial charge in [0.1, 0.15) is 0 Å². The minimum absolute atomic E-state index is 0.148. The molecule has 0 bridgehead atoms. The van der Waals surface area contributed by atoms with Gasteiger partial charge in [-0.1, -0.05) is 19.8 Å². The van der Waals surface area contributed by atoms with Crippen LogP contribution in [0.5, 0.6) is 0 Å². The van der Waals surface area contributed by atoms with E-state index in [4.69, 9.17) is 0 Å². The number of rotatable bonds is 4. The summed E-state index contributed by atoms with van der Waals surface area (Å²) >= 11 is 0. The van der Waals surface area contributed by atoms with E-state index in [1.807, 2.05) is 0 Å². The molecule has 1 saturated carbocycles. The van der Waals surface area contributed by atoms with Crippen molar-refractivity contribution in [2.24, 2.45) is 5.92 Å². The number of nitrogens with one attached hydrogen (secondary N) is 1. The second-order valence-corrected chi connectivity index (χ2v) is 7.96. The predicted molar refractivity (Wildman–Crippen MR) is 100 cm³/mol. The molecule has 0 radical (unpaired) electrons. The average Bonchev–Trinajstić information content (AvgIpc) is 2.93. The summed E-state index contributed by atoms with van der Waals surface area (Å²) in [4.78, 5) is 52.1. The number of hydrogen-bond donors (Lipinski definition) is 1. The van der Waals surface area contributed by atoms with Crippen molar-refractivity contribution in [2.75, 3.05) is 37.7 Å². The van der Waals surface area contributed by atoms with Gasteiger partial charge in [-0.2, -0.15) is 0 Å². The number of piperazine rings is 1. The van der Waals surface area contributed by atoms with Gasteiger partial charge in [0.15, 0.2) is 6.67 Å². The van der Waals surface area contributed by atoms with Gasteiger partial charge in [0, 0.05) is 18.4 Å². The molecule has 4 amide bonds. The Morgan fingerprint density at radius 2 is 1.71 bits per heavy atom. The quantitative estimate of drug-likeness (QED) is 0.554. The first kappa shape index (κ1) is 18.8. The zero-order valence-corrected chi connectivity index (χ0v) is 16.2. The molecule has 3 heterocycles. The molecule has 3 fully saturated rings. The third-order valence-electron chi connectivity index (χ3n) is 6.17. The van der Waals surface area contributed by atoms with Crippen molar-refractivity contribution in [3.63, 3.8) is 0 Å². The van der Waals surface area contributed by atoms with E-state index in [2.05, 4.69) is 21.8 Å². The summed E-state index contributed by atoms with van der Waals surface area (Å²) in [5, 5.41) is 0. The minimum atomic E-state index is -0.677. The van der Waals surface area contributed by atoms with Crippen molar-refractivity contribution in [2.45, 2.75) is 38.6 Å². The summed E-state index contributed by atoms with van der Waals surface area (Å²) < 4.78 is 0. The number of aromatic nitrogens is 2. The molecule has 0 aromatic carbocycles. The molecule has 2 saturated heterocycles. The Kier molecular flexibility index (Phi) is 5.25. The molecule has 4 rings (SSSR count). The molecule has 9 heteroatoms. The molecule has 1 N–H and O–H groups in total. The Morgan fingerprint density at radius 1 is 1.04 bits per heavy atom. The lowest BCUT2D eigenvalue weighted by Gasteiger charge is -2.35. The highest BCUT2D eigenvalue weighted by molar-refractivity contribution is 6.44. The largest absolute Gasteiger partial charge is 0.338 e. The Hall–Kier alpha value is -2.55. The molecule has 0 unspecified atom stereocenters. The van der Waals surface area contributed by atoms with E-state index in [-0.39, 0.29) is 18.6 Å². The predicted octanol–water partition coefficient (Wildman–Crippen LogP) is -0.491. The van der Waals surface area contributed by atoms with Gasteiger partial charge < -0.3 is 9.80 Å². The van der Waals surface area contributed by atoms with Crippen LogP contribution in [0.3, 0.4) is 0 Å². The van der Waals surface area contributed by atoms with Crippen molar-refractivity contribution < 1.29 is 19.3 Å². The Labute approximate surface area is 164 Å². The van der Waals surface area contributed by atoms with Gasteiger partial charge in [-0.15, -0.1) is 0 Å². The van der Waals surface area contributed by atoms with Gasteiger partial charge in [0.25, 0.3) is 0 Å². The van der Waals surface area contributed by atoms with Gasteiger partial charge in [0.05, 0.1) is 26.2 Å². The number of imide groups is 2. The first-order valence-electron chi connectivity index (χ1n) is 10.1. The Morgan fingerprint density at radius 3 is 2.39 bits per heavy atom. The van der Waals surface area contributed by atoms with Crippen LogP contribution in [0.1, 0.15) is 32.6 Å². The number of urea groups is 1. The molecule has 0 spiro atoms. The Bertz CT molecular complexity index is 749. The molecule has 1 aromatic heterocycles. The molecular formula is C19H27N6O3+. The highest BCUT2D eigenvalue weighted by atomic mass is 16.2. The van der Waals surface area contributed by atoms with Crippen molar-refractivity contribution in [3.05, 3.63) is 18.5 Å². The standard InChI is InChI=1S/C19H26N6O3/c1-14-5-2-3-6-15(14)25-17(27)16(26)24(19(25)28)13-22-9-11-23(12-10-22)18-20-7-4-8-21-18/h4,7-8,14-15H,2-3,5-6,9-13H2,1H3/p+1/t14-,15+/m1/s1. The molecule has 2 aliphatic heterocycles. The van der Waals surface area contributed by atoms with Crippen LogP contribution in [0, 0.1) is 5.92 Å². The van der Waals surface area contributed by atoms with Crippen LogP contribution in [0.4, 0.5) is 10.7 Å². The summed E-state index contributed by atoms with van der Waals surface area (Å²) in [6.45, 7) is 5.30. The Balaban J connectivity index is 1.38. The average molecular weight is 387 g/mol. The van der Waals surface area contributed by atoms with Gasteiger partial charge in [0.2, 0.25) is 5.95 Å². The number of carbonyl (C=O) groups excluding carboxylic acids is 3. The number of carbonyl (C=O) groups is 3. The van der Waals surface area contributed by atoms with Crippen LogP contribution in [0.25, 0.3) is 0 Å². The van der Waals surface area contributed by atoms with Crippen LogP contribution >= 0.6 is 0 Å². The van der Waals surface area contributed by atoms with Crippen LogP contribution < -0.4 is 9.80 Å². The summed E-state index contributed by atoms with van der Waals surface area (Å²) in [7, 11) is 0. The maximum atomic E-state index is 12.9. The lowest BCUT2D eigenvalue weighted by Crippen LogP contribution is -3.16. The zero-order chi connectivity index (χ0) is 19.7. The fraction of sp³-hybridized carbons (Fsp3) is 0.632. The molecular weight excluding hydrogens is 360 g/mol. The van der Waals surface area contributed by atoms with Gasteiger partial charge >= 0.3 is 17.8 Å². The van der Waals surface area contributed by atoms with Crippen LogP contribution in [0.15, 0.2) is 18.5 Å². The van der Waals surface area contributed by atoms with Gasteiger partial charge in [-0.05, 0) is 24.8 Å². The van der Waals surface area contributed by atoms with Gasteiger partial charge in [-0.3, -0.25) is 14.5 Å². The molecule has 1 aromatic rings. The molecule has 1 aliphatic carbocycles. The SMILES string of the molecule is C[C@@H]1CCCC[C@@H]1N1C(=O)C(=O)N(C[NH+]2CCN(c3ncccn3)CC2)C1=O. The van der Waals surface area contributed by atoms with E-state index in [0.717, 1.165) is 61.7 Å². The van der Waals surface area contributed by atoms with E-state index in [1.54, 1.807) is 18.5 Å². The lowest BCUT2D eigenvalue weighted by molar-refractivity contribution is -0.907. The van der Waals surface area contributed by atoms with Gasteiger partial charge in [-0.25, -0.2) is 19.7 Å². The molecule has 9 nitrogen and oxygen atoms in total. The normalized spacial score (nSPS) is 27.0. The second kappa shape index (κ2) is 7.83. The topological polar surface area (TPSA) is 91.2 Å². The first-order chi connectivity index (χ1) is 13.6. The van der Waals surface area contributed by atoms with E-state index in [1.165, 1.54) is 4.90 Å². The number of hydrogen-bond acceptors (Lipinski definition) is 6. The number of anilines is 1. The minimum Gasteiger partial charge on any atom is -0.330 e. The first-order valence-corrected chi connectivity index (χ1v) is 10.1. The summed E-state index contributed by atoms with van der Waals surface area (Å²) in [6.07, 6.45) is 7.33. The highest BCUT2D eigenvalue weighted by Crippen LogP contribution is 2.30. The fourth-order valence-electron chi connectivity index (χ4n) is 4.49. The molecule has 2 atom stereocenters. The van der Waals surface area contributed by atoms with Crippen molar-refractivity contribution in [1.82, 2.24) is 19.8 Å². The summed E-state index contributed by atoms with van der Waals surface area (Å²) in [6, 6.07) is 1.20. The lowest BCUT2D eigenvalue weighted by atomic mass is 9.85. The zero-order valence-electron chi connectivity index (χ0n) is 16.2. The fourth-order valence-corrected chi connectivity index (χ4v) is 4.49. The summed E-state index contributed by atoms with van der Waals surface area (Å²) in [5.74, 6) is -0.387. The molecule has 3 aliphatic rings. The smallest absolute Gasteiger partial charge is 0.330 e. The maximum Gasteiger partial charge on any atom is 0.338 e. The van der Waals surface area contributed by atoms with Crippen molar-refractivity contribution >= 4 is 23.8 Å². The maximum absolute atomic E-state index is 12.9. The number of quaternary nitrogens is 1. The number of amides is 4. The second-order valence-electron chi connectivity index (χ2n) is 7.96. The van der Waals surface area contributed by atoms with E-state index < -0.39 is 17.8 Å². The van der Waals surface area contributed by atoms with Crippen molar-refractivity contribution in [1.29, 1.82) is 0 Å². The van der Waals surface area contributed by atoms with E-state index in [9.17, 15) is 14.4 Å². The molecule has 28 heavy (non-hydrogen) atoms. The van der Waals surface area contributed by atoms with Crippen LogP contribution in [0.2, 0.25) is 0 Å². The third kappa shape index (κ3) is 3.46. The number of nitrogens with zero attached hydrogens (tertiary/aromatic N) is 5. The van der Waals surface area contributed by atoms with Crippen LogP contribution in [-0.2, 0) is 9.59 Å². The third-order valence-corrected chi connectivity index (χ3v) is 6.17. The van der Waals surface area contributed by atoms with Crippen molar-refractivity contribution in [3.8, 4) is 0 Å². The van der Waals surface area contributed by atoms with Crippen LogP contribution in [-0.4, -0.2) is 76.5 Å². The van der Waals surface area contributed by atoms with E-state index in [0.29, 0.717) is 5.95 Å². The van der Waals surface area contributed by atoms with E-state index >= 15 is 0 Å². The monoisotopic (exact) mass is 387 g/mol. The highest BCUT2D eigenvalue weighted by Gasteiger charge is 2.50. The summed E-state index contributed by atoms with van der Waals surface area (Å²) in [5.41, 5.74) is 0.